The summed E-state index contributed by atoms with van der Waals surface area (Å²) in [5.41, 5.74) is -0.678. The highest BCUT2D eigenvalue weighted by Crippen LogP contribution is 1.99. The first-order valence-corrected chi connectivity index (χ1v) is 4.71. The van der Waals surface area contributed by atoms with E-state index in [-0.39, 0.29) is 11.4 Å². The number of carbonyl (C=O) groups is 1. The summed E-state index contributed by atoms with van der Waals surface area (Å²) < 4.78 is 0. The van der Waals surface area contributed by atoms with Crippen molar-refractivity contribution in [2.75, 3.05) is 5.32 Å². The lowest BCUT2D eigenvalue weighted by atomic mass is 10.3. The van der Waals surface area contributed by atoms with Crippen LogP contribution in [0.1, 0.15) is 10.5 Å². The van der Waals surface area contributed by atoms with Crippen LogP contribution in [0.2, 0.25) is 0 Å². The maximum absolute atomic E-state index is 11.6. The quantitative estimate of drug-likeness (QED) is 0.661. The van der Waals surface area contributed by atoms with Crippen LogP contribution in [-0.2, 0) is 0 Å². The molecule has 0 aliphatic carbocycles. The summed E-state index contributed by atoms with van der Waals surface area (Å²) in [7, 11) is 0. The Hall–Kier alpha value is -2.70. The smallest absolute Gasteiger partial charge is 0.276 e. The van der Waals surface area contributed by atoms with Crippen LogP contribution >= 0.6 is 0 Å². The number of amides is 1. The summed E-state index contributed by atoms with van der Waals surface area (Å²) in [6.07, 6.45) is 1.45. The lowest BCUT2D eigenvalue weighted by Gasteiger charge is -2.02. The van der Waals surface area contributed by atoms with Crippen LogP contribution in [0.3, 0.4) is 0 Å². The van der Waals surface area contributed by atoms with Crippen molar-refractivity contribution in [2.24, 2.45) is 0 Å². The zero-order valence-electron chi connectivity index (χ0n) is 8.56. The van der Waals surface area contributed by atoms with E-state index in [1.165, 1.54) is 24.4 Å². The molecule has 7 nitrogen and oxygen atoms in total. The van der Waals surface area contributed by atoms with Gasteiger partial charge in [-0.15, -0.1) is 0 Å². The van der Waals surface area contributed by atoms with Gasteiger partial charge < -0.3 is 10.3 Å². The highest BCUT2D eigenvalue weighted by Gasteiger charge is 2.09. The van der Waals surface area contributed by atoms with Gasteiger partial charge in [-0.2, -0.15) is 5.10 Å². The number of rotatable bonds is 2. The van der Waals surface area contributed by atoms with E-state index in [0.717, 1.165) is 0 Å². The van der Waals surface area contributed by atoms with E-state index in [4.69, 9.17) is 0 Å². The SMILES string of the molecule is O=C(Nc1ccc[nH]c1=O)c1ccc(=O)[nH]n1. The third-order valence-electron chi connectivity index (χ3n) is 1.98. The average Bonchev–Trinajstić information content (AvgIpc) is 2.33. The summed E-state index contributed by atoms with van der Waals surface area (Å²) in [6.45, 7) is 0. The van der Waals surface area contributed by atoms with Crippen molar-refractivity contribution < 1.29 is 4.79 Å². The van der Waals surface area contributed by atoms with Gasteiger partial charge >= 0.3 is 0 Å². The Balaban J connectivity index is 2.23. The molecule has 3 N–H and O–H groups in total. The number of H-pyrrole nitrogens is 2. The van der Waals surface area contributed by atoms with E-state index in [0.29, 0.717) is 0 Å². The Bertz CT molecular complexity index is 638. The zero-order chi connectivity index (χ0) is 12.3. The summed E-state index contributed by atoms with van der Waals surface area (Å²) in [5.74, 6) is -0.571. The maximum atomic E-state index is 11.6. The Labute approximate surface area is 94.5 Å². The molecule has 2 rings (SSSR count). The van der Waals surface area contributed by atoms with E-state index in [1.807, 2.05) is 0 Å². The second-order valence-corrected chi connectivity index (χ2v) is 3.17. The van der Waals surface area contributed by atoms with Crippen molar-refractivity contribution in [3.63, 3.8) is 0 Å². The number of aromatic nitrogens is 3. The number of anilines is 1. The molecule has 0 unspecified atom stereocenters. The first-order valence-electron chi connectivity index (χ1n) is 4.71. The molecule has 7 heteroatoms. The predicted molar refractivity (Wildman–Crippen MR) is 59.9 cm³/mol. The fourth-order valence-corrected chi connectivity index (χ4v) is 1.18. The molecule has 2 aromatic heterocycles. The van der Waals surface area contributed by atoms with Crippen LogP contribution in [0.5, 0.6) is 0 Å². The van der Waals surface area contributed by atoms with Crippen molar-refractivity contribution in [3.05, 3.63) is 56.9 Å². The fourth-order valence-electron chi connectivity index (χ4n) is 1.18. The normalized spacial score (nSPS) is 9.88. The number of nitrogens with zero attached hydrogens (tertiary/aromatic N) is 1. The summed E-state index contributed by atoms with van der Waals surface area (Å²) in [4.78, 5) is 36.1. The van der Waals surface area contributed by atoms with Crippen LogP contribution in [0.25, 0.3) is 0 Å². The van der Waals surface area contributed by atoms with E-state index in [1.54, 1.807) is 6.07 Å². The minimum atomic E-state index is -0.571. The molecule has 0 spiro atoms. The van der Waals surface area contributed by atoms with Crippen molar-refractivity contribution in [3.8, 4) is 0 Å². The molecule has 0 saturated carbocycles. The van der Waals surface area contributed by atoms with Gasteiger partial charge in [0.25, 0.3) is 17.0 Å². The van der Waals surface area contributed by atoms with Crippen molar-refractivity contribution in [1.82, 2.24) is 15.2 Å². The first-order chi connectivity index (χ1) is 8.16. The third-order valence-corrected chi connectivity index (χ3v) is 1.98. The molecule has 0 aliphatic heterocycles. The van der Waals surface area contributed by atoms with Gasteiger partial charge in [0, 0.05) is 12.3 Å². The van der Waals surface area contributed by atoms with Crippen LogP contribution in [0.15, 0.2) is 40.1 Å². The number of nitrogens with one attached hydrogen (secondary N) is 3. The van der Waals surface area contributed by atoms with Gasteiger partial charge in [0.2, 0.25) is 0 Å². The van der Waals surface area contributed by atoms with Gasteiger partial charge in [-0.25, -0.2) is 5.10 Å². The molecule has 0 aliphatic rings. The second-order valence-electron chi connectivity index (χ2n) is 3.17. The monoisotopic (exact) mass is 232 g/mol. The topological polar surface area (TPSA) is 108 Å². The number of carbonyl (C=O) groups excluding carboxylic acids is 1. The highest BCUT2D eigenvalue weighted by molar-refractivity contribution is 6.02. The summed E-state index contributed by atoms with van der Waals surface area (Å²) in [6, 6.07) is 5.49. The number of hydrogen-bond donors (Lipinski definition) is 3. The second kappa shape index (κ2) is 4.44. The van der Waals surface area contributed by atoms with Gasteiger partial charge in [-0.05, 0) is 18.2 Å². The average molecular weight is 232 g/mol. The number of pyridine rings is 1. The molecule has 1 amide bonds. The number of aromatic amines is 2. The van der Waals surface area contributed by atoms with E-state index in [2.05, 4.69) is 20.5 Å². The van der Waals surface area contributed by atoms with Crippen LogP contribution in [0, 0.1) is 0 Å². The molecule has 2 heterocycles. The molecule has 2 aromatic rings. The van der Waals surface area contributed by atoms with Gasteiger partial charge in [0.1, 0.15) is 11.4 Å². The van der Waals surface area contributed by atoms with Crippen molar-refractivity contribution in [1.29, 1.82) is 0 Å². The van der Waals surface area contributed by atoms with Gasteiger partial charge in [0.15, 0.2) is 0 Å². The van der Waals surface area contributed by atoms with E-state index < -0.39 is 17.0 Å². The fraction of sp³-hybridized carbons (Fsp3) is 0. The van der Waals surface area contributed by atoms with E-state index in [9.17, 15) is 14.4 Å². The van der Waals surface area contributed by atoms with Gasteiger partial charge in [-0.1, -0.05) is 0 Å². The lowest BCUT2D eigenvalue weighted by molar-refractivity contribution is 0.102. The first kappa shape index (κ1) is 10.8. The van der Waals surface area contributed by atoms with Gasteiger partial charge in [0.05, 0.1) is 0 Å². The Morgan fingerprint density at radius 1 is 1.24 bits per heavy atom. The van der Waals surface area contributed by atoms with Crippen LogP contribution in [-0.4, -0.2) is 21.1 Å². The minimum Gasteiger partial charge on any atom is -0.327 e. The largest absolute Gasteiger partial charge is 0.327 e. The van der Waals surface area contributed by atoms with Gasteiger partial charge in [-0.3, -0.25) is 14.4 Å². The van der Waals surface area contributed by atoms with Crippen LogP contribution in [0.4, 0.5) is 5.69 Å². The maximum Gasteiger partial charge on any atom is 0.276 e. The molecular weight excluding hydrogens is 224 g/mol. The molecule has 0 aromatic carbocycles. The third kappa shape index (κ3) is 2.46. The summed E-state index contributed by atoms with van der Waals surface area (Å²) >= 11 is 0. The molecule has 0 bridgehead atoms. The Morgan fingerprint density at radius 2 is 2.06 bits per heavy atom. The molecular formula is C10H8N4O3. The van der Waals surface area contributed by atoms with Crippen LogP contribution < -0.4 is 16.4 Å². The zero-order valence-corrected chi connectivity index (χ0v) is 8.56. The summed E-state index contributed by atoms with van der Waals surface area (Å²) in [5, 5.41) is 8.05. The van der Waals surface area contributed by atoms with Crippen molar-refractivity contribution >= 4 is 11.6 Å². The molecule has 0 atom stereocenters. The van der Waals surface area contributed by atoms with Crippen molar-refractivity contribution in [2.45, 2.75) is 0 Å². The molecule has 0 fully saturated rings. The molecule has 0 saturated heterocycles. The molecule has 86 valence electrons. The predicted octanol–water partition coefficient (Wildman–Crippen LogP) is -0.290. The molecule has 0 radical (unpaired) electrons. The Morgan fingerprint density at radius 3 is 2.71 bits per heavy atom. The van der Waals surface area contributed by atoms with E-state index >= 15 is 0 Å². The highest BCUT2D eigenvalue weighted by atomic mass is 16.2. The minimum absolute atomic E-state index is 0.0212. The molecule has 17 heavy (non-hydrogen) atoms. The lowest BCUT2D eigenvalue weighted by Crippen LogP contribution is -2.21. The number of hydrogen-bond acceptors (Lipinski definition) is 4. The Kier molecular flexibility index (Phi) is 2.82. The standard InChI is InChI=1S/C10H8N4O3/c15-8-4-3-7(13-14-8)10(17)12-6-2-1-5-11-9(6)16/h1-5H,(H,11,16)(H,12,17)(H,14,15).